The van der Waals surface area contributed by atoms with Crippen LogP contribution in [0, 0.1) is 0 Å². The van der Waals surface area contributed by atoms with Crippen LogP contribution in [0.5, 0.6) is 0 Å². The molecule has 0 aliphatic heterocycles. The van der Waals surface area contributed by atoms with Crippen LogP contribution in [-0.4, -0.2) is 4.98 Å². The van der Waals surface area contributed by atoms with E-state index >= 15 is 0 Å². The maximum atomic E-state index is 6.56. The molecule has 0 spiro atoms. The molecule has 7 rings (SSSR count). The largest absolute Gasteiger partial charge is 0.455 e. The monoisotopic (exact) mass is 357 g/mol. The number of aromatic nitrogens is 1. The SMILES string of the molecule is c1ccc2c(c1)Cc1c-2c2ccncc2c2oc3c4ccccc4ccc3c12. The van der Waals surface area contributed by atoms with Crippen molar-refractivity contribution in [2.45, 2.75) is 6.42 Å². The van der Waals surface area contributed by atoms with Crippen molar-refractivity contribution in [1.82, 2.24) is 4.98 Å². The summed E-state index contributed by atoms with van der Waals surface area (Å²) < 4.78 is 6.56. The highest BCUT2D eigenvalue weighted by Gasteiger charge is 2.27. The number of benzene rings is 4. The Labute approximate surface area is 161 Å². The first-order valence-corrected chi connectivity index (χ1v) is 9.61. The second-order valence-electron chi connectivity index (χ2n) is 7.58. The van der Waals surface area contributed by atoms with Crippen molar-refractivity contribution in [2.75, 3.05) is 0 Å². The van der Waals surface area contributed by atoms with Gasteiger partial charge in [-0.05, 0) is 51.6 Å². The smallest absolute Gasteiger partial charge is 0.145 e. The maximum absolute atomic E-state index is 6.56. The lowest BCUT2D eigenvalue weighted by Crippen LogP contribution is -1.86. The van der Waals surface area contributed by atoms with E-state index in [1.165, 1.54) is 43.8 Å². The van der Waals surface area contributed by atoms with E-state index in [1.807, 2.05) is 12.4 Å². The van der Waals surface area contributed by atoms with Gasteiger partial charge in [-0.15, -0.1) is 0 Å². The summed E-state index contributed by atoms with van der Waals surface area (Å²) in [7, 11) is 0. The van der Waals surface area contributed by atoms with Crippen LogP contribution in [0.3, 0.4) is 0 Å². The first kappa shape index (κ1) is 14.4. The molecule has 2 nitrogen and oxygen atoms in total. The van der Waals surface area contributed by atoms with Crippen molar-refractivity contribution < 1.29 is 4.42 Å². The molecule has 130 valence electrons. The van der Waals surface area contributed by atoms with E-state index < -0.39 is 0 Å². The molecular weight excluding hydrogens is 342 g/mol. The van der Waals surface area contributed by atoms with Gasteiger partial charge in [-0.1, -0.05) is 54.6 Å². The highest BCUT2D eigenvalue weighted by atomic mass is 16.3. The van der Waals surface area contributed by atoms with Crippen molar-refractivity contribution in [2.24, 2.45) is 0 Å². The number of furan rings is 1. The van der Waals surface area contributed by atoms with E-state index in [2.05, 4.69) is 71.7 Å². The standard InChI is InChI=1S/C26H15NO/c1-4-8-18-15(5-1)9-10-20-24-21-13-16-6-2-3-7-17(16)23(21)19-11-12-27-14-22(19)26(24)28-25(18)20/h1-12,14H,13H2. The predicted octanol–water partition coefficient (Wildman–Crippen LogP) is 6.86. The Kier molecular flexibility index (Phi) is 2.57. The first-order valence-electron chi connectivity index (χ1n) is 9.61. The van der Waals surface area contributed by atoms with E-state index in [0.717, 1.165) is 28.4 Å². The fourth-order valence-electron chi connectivity index (χ4n) is 4.99. The number of pyridine rings is 1. The summed E-state index contributed by atoms with van der Waals surface area (Å²) in [6.45, 7) is 0. The molecule has 0 unspecified atom stereocenters. The van der Waals surface area contributed by atoms with Gasteiger partial charge in [0.2, 0.25) is 0 Å². The minimum atomic E-state index is 0.946. The van der Waals surface area contributed by atoms with Crippen molar-refractivity contribution in [3.05, 3.63) is 90.3 Å². The van der Waals surface area contributed by atoms with Gasteiger partial charge in [-0.2, -0.15) is 0 Å². The summed E-state index contributed by atoms with van der Waals surface area (Å²) in [6, 6.07) is 23.7. The summed E-state index contributed by atoms with van der Waals surface area (Å²) >= 11 is 0. The number of hydrogen-bond donors (Lipinski definition) is 0. The number of hydrogen-bond acceptors (Lipinski definition) is 2. The van der Waals surface area contributed by atoms with Gasteiger partial charge in [0.15, 0.2) is 0 Å². The molecule has 2 aromatic heterocycles. The molecule has 0 radical (unpaired) electrons. The Morgan fingerprint density at radius 1 is 0.714 bits per heavy atom. The lowest BCUT2D eigenvalue weighted by Gasteiger charge is -2.08. The Bertz CT molecular complexity index is 1590. The molecule has 0 atom stereocenters. The summed E-state index contributed by atoms with van der Waals surface area (Å²) in [5.74, 6) is 0. The topological polar surface area (TPSA) is 26.0 Å². The lowest BCUT2D eigenvalue weighted by atomic mass is 9.94. The fraction of sp³-hybridized carbons (Fsp3) is 0.0385. The zero-order chi connectivity index (χ0) is 18.2. The van der Waals surface area contributed by atoms with E-state index in [9.17, 15) is 0 Å². The molecule has 2 heteroatoms. The normalized spacial score (nSPS) is 12.9. The molecule has 0 bridgehead atoms. The molecule has 0 saturated heterocycles. The average Bonchev–Trinajstić information content (AvgIpc) is 3.33. The molecule has 0 amide bonds. The van der Waals surface area contributed by atoms with Crippen LogP contribution in [0.15, 0.2) is 83.5 Å². The lowest BCUT2D eigenvalue weighted by molar-refractivity contribution is 0.676. The number of fused-ring (bicyclic) bond motifs is 12. The maximum Gasteiger partial charge on any atom is 0.145 e. The number of nitrogens with zero attached hydrogens (tertiary/aromatic N) is 1. The molecule has 1 aliphatic rings. The summed E-state index contributed by atoms with van der Waals surface area (Å²) in [6.07, 6.45) is 4.78. The van der Waals surface area contributed by atoms with Gasteiger partial charge in [-0.25, -0.2) is 0 Å². The van der Waals surface area contributed by atoms with Crippen molar-refractivity contribution >= 4 is 43.5 Å². The molecule has 6 aromatic rings. The Hall–Kier alpha value is -3.65. The minimum absolute atomic E-state index is 0.946. The Balaban J connectivity index is 1.78. The van der Waals surface area contributed by atoms with Crippen LogP contribution < -0.4 is 0 Å². The van der Waals surface area contributed by atoms with Crippen LogP contribution in [-0.2, 0) is 6.42 Å². The van der Waals surface area contributed by atoms with E-state index in [1.54, 1.807) is 0 Å². The van der Waals surface area contributed by atoms with Crippen molar-refractivity contribution in [1.29, 1.82) is 0 Å². The molecule has 1 aliphatic carbocycles. The van der Waals surface area contributed by atoms with Crippen LogP contribution in [0.2, 0.25) is 0 Å². The molecule has 0 N–H and O–H groups in total. The van der Waals surface area contributed by atoms with Gasteiger partial charge in [0.05, 0.1) is 0 Å². The zero-order valence-corrected chi connectivity index (χ0v) is 15.1. The second kappa shape index (κ2) is 4.99. The highest BCUT2D eigenvalue weighted by molar-refractivity contribution is 6.25. The zero-order valence-electron chi connectivity index (χ0n) is 15.1. The van der Waals surface area contributed by atoms with E-state index in [-0.39, 0.29) is 0 Å². The third-order valence-corrected chi connectivity index (χ3v) is 6.17. The third kappa shape index (κ3) is 1.66. The number of rotatable bonds is 0. The Morgan fingerprint density at radius 2 is 1.61 bits per heavy atom. The van der Waals surface area contributed by atoms with Crippen molar-refractivity contribution in [3.63, 3.8) is 0 Å². The summed E-state index contributed by atoms with van der Waals surface area (Å²) in [5.41, 5.74) is 7.38. The van der Waals surface area contributed by atoms with Gasteiger partial charge in [0.25, 0.3) is 0 Å². The minimum Gasteiger partial charge on any atom is -0.455 e. The van der Waals surface area contributed by atoms with Gasteiger partial charge in [0.1, 0.15) is 11.2 Å². The summed E-state index contributed by atoms with van der Waals surface area (Å²) in [5, 5.41) is 7.13. The fourth-order valence-corrected chi connectivity index (χ4v) is 4.99. The molecule has 4 aromatic carbocycles. The van der Waals surface area contributed by atoms with Crippen LogP contribution in [0.1, 0.15) is 11.1 Å². The molecule has 2 heterocycles. The predicted molar refractivity (Wildman–Crippen MR) is 115 cm³/mol. The summed E-state index contributed by atoms with van der Waals surface area (Å²) in [4.78, 5) is 4.42. The quantitative estimate of drug-likeness (QED) is 0.296. The van der Waals surface area contributed by atoms with Gasteiger partial charge >= 0.3 is 0 Å². The molecule has 28 heavy (non-hydrogen) atoms. The highest BCUT2D eigenvalue weighted by Crippen LogP contribution is 2.49. The first-order chi connectivity index (χ1) is 13.9. The van der Waals surface area contributed by atoms with Gasteiger partial charge < -0.3 is 4.42 Å². The van der Waals surface area contributed by atoms with Crippen LogP contribution >= 0.6 is 0 Å². The Morgan fingerprint density at radius 3 is 2.61 bits per heavy atom. The van der Waals surface area contributed by atoms with Crippen LogP contribution in [0.4, 0.5) is 0 Å². The second-order valence-corrected chi connectivity index (χ2v) is 7.58. The van der Waals surface area contributed by atoms with Gasteiger partial charge in [0, 0.05) is 33.9 Å². The molecular formula is C26H15NO. The average molecular weight is 357 g/mol. The third-order valence-electron chi connectivity index (χ3n) is 6.17. The molecule has 0 fully saturated rings. The van der Waals surface area contributed by atoms with Crippen LogP contribution in [0.25, 0.3) is 54.6 Å². The molecule has 0 saturated carbocycles. The van der Waals surface area contributed by atoms with E-state index in [0.29, 0.717) is 0 Å². The van der Waals surface area contributed by atoms with E-state index in [4.69, 9.17) is 4.42 Å². The van der Waals surface area contributed by atoms with Crippen molar-refractivity contribution in [3.8, 4) is 11.1 Å². The van der Waals surface area contributed by atoms with Gasteiger partial charge in [-0.3, -0.25) is 4.98 Å².